The maximum absolute atomic E-state index is 12.0. The van der Waals surface area contributed by atoms with Gasteiger partial charge in [-0.2, -0.15) is 31.7 Å². The number of hydrogen-bond acceptors (Lipinski definition) is 4. The fourth-order valence-electron chi connectivity index (χ4n) is 0.320. The van der Waals surface area contributed by atoms with Crippen LogP contribution in [0.2, 0.25) is 0 Å². The monoisotopic (exact) mass is 243 g/mol. The average Bonchev–Trinajstić information content (AvgIpc) is 1.80. The Morgan fingerprint density at radius 3 is 1.86 bits per heavy atom. The largest absolute Gasteiger partial charge is 0.622 e. The smallest absolute Gasteiger partial charge is 0.269 e. The van der Waals surface area contributed by atoms with Crippen LogP contribution in [0.15, 0.2) is 12.8 Å². The van der Waals surface area contributed by atoms with Gasteiger partial charge in [-0.25, -0.2) is 0 Å². The van der Waals surface area contributed by atoms with Crippen LogP contribution >= 0.6 is 8.17 Å². The van der Waals surface area contributed by atoms with Crippen molar-refractivity contribution in [2.75, 3.05) is 0 Å². The van der Waals surface area contributed by atoms with Gasteiger partial charge in [0, 0.05) is 0 Å². The second-order valence-electron chi connectivity index (χ2n) is 1.87. The molecule has 4 nitrogen and oxygen atoms in total. The number of halogens is 5. The maximum atomic E-state index is 12.0. The summed E-state index contributed by atoms with van der Waals surface area (Å²) in [7, 11) is -5.25. The summed E-state index contributed by atoms with van der Waals surface area (Å²) in [6.07, 6.45) is -11.5. The van der Waals surface area contributed by atoms with Crippen molar-refractivity contribution in [2.24, 2.45) is 0 Å². The molecule has 14 heavy (non-hydrogen) atoms. The van der Waals surface area contributed by atoms with Crippen LogP contribution < -0.4 is 0 Å². The van der Waals surface area contributed by atoms with E-state index in [-0.39, 0.29) is 6.26 Å². The van der Waals surface area contributed by atoms with Gasteiger partial charge in [0.2, 0.25) is 0 Å². The van der Waals surface area contributed by atoms with Gasteiger partial charge in [0.25, 0.3) is 0 Å². The highest BCUT2D eigenvalue weighted by Gasteiger charge is 2.68. The van der Waals surface area contributed by atoms with Crippen LogP contribution in [-0.4, -0.2) is 22.1 Å². The van der Waals surface area contributed by atoms with E-state index in [1.165, 1.54) is 0 Å². The van der Waals surface area contributed by atoms with Crippen LogP contribution in [-0.2, 0) is 9.05 Å². The molecule has 84 valence electrons. The fourth-order valence-corrected chi connectivity index (χ4v) is 0.959. The average molecular weight is 243 g/mol. The Morgan fingerprint density at radius 1 is 1.14 bits per heavy atom. The molecule has 0 atom stereocenters. The third-order valence-electron chi connectivity index (χ3n) is 0.775. The molecule has 0 amide bonds. The summed E-state index contributed by atoms with van der Waals surface area (Å²) in [5, 5.41) is 0. The van der Waals surface area contributed by atoms with E-state index < -0.39 is 20.5 Å². The number of hydrogen-bond donors (Lipinski definition) is 2. The summed E-state index contributed by atoms with van der Waals surface area (Å²) in [6, 6.07) is 0. The summed E-state index contributed by atoms with van der Waals surface area (Å²) in [6.45, 7) is 2.72. The summed E-state index contributed by atoms with van der Waals surface area (Å²) in [5.41, 5.74) is 0. The Balaban J connectivity index is 4.57. The SMILES string of the molecule is C=CO[P+](O)(O)OC(F)(F)C(F)(F)F. The first-order valence-electron chi connectivity index (χ1n) is 2.81. The molecule has 0 heterocycles. The lowest BCUT2D eigenvalue weighted by atomic mass is 10.6. The molecule has 0 fully saturated rings. The third kappa shape index (κ3) is 3.70. The lowest BCUT2D eigenvalue weighted by Gasteiger charge is -2.17. The van der Waals surface area contributed by atoms with Crippen molar-refractivity contribution < 1.29 is 40.8 Å². The Labute approximate surface area is 75.2 Å². The van der Waals surface area contributed by atoms with Crippen molar-refractivity contribution >= 4 is 8.17 Å². The fraction of sp³-hybridized carbons (Fsp3) is 0.500. The van der Waals surface area contributed by atoms with Crippen molar-refractivity contribution in [1.29, 1.82) is 0 Å². The van der Waals surface area contributed by atoms with E-state index in [0.29, 0.717) is 0 Å². The summed E-state index contributed by atoms with van der Waals surface area (Å²) < 4.78 is 64.6. The Morgan fingerprint density at radius 2 is 1.57 bits per heavy atom. The Kier molecular flexibility index (Phi) is 3.79. The van der Waals surface area contributed by atoms with E-state index >= 15 is 0 Å². The lowest BCUT2D eigenvalue weighted by molar-refractivity contribution is -0.366. The van der Waals surface area contributed by atoms with Crippen LogP contribution in [0.5, 0.6) is 0 Å². The normalized spacial score (nSPS) is 13.9. The molecule has 0 rings (SSSR count). The first-order chi connectivity index (χ1) is 6.02. The molecule has 0 saturated heterocycles. The van der Waals surface area contributed by atoms with Crippen LogP contribution in [0.4, 0.5) is 22.0 Å². The molecule has 0 radical (unpaired) electrons. The molecule has 0 aliphatic rings. The molecule has 0 aliphatic heterocycles. The standard InChI is InChI=1S/C4H5F5O4P/c1-2-12-14(10,11)13-4(8,9)3(5,6)7/h2,10-11H,1H2/q+1. The van der Waals surface area contributed by atoms with E-state index in [4.69, 9.17) is 9.79 Å². The number of rotatable bonds is 4. The second-order valence-corrected chi connectivity index (χ2v) is 3.24. The van der Waals surface area contributed by atoms with Gasteiger partial charge in [-0.3, -0.25) is 4.52 Å². The van der Waals surface area contributed by atoms with Crippen LogP contribution in [0.3, 0.4) is 0 Å². The van der Waals surface area contributed by atoms with Gasteiger partial charge in [0.1, 0.15) is 6.26 Å². The molecular weight excluding hydrogens is 238 g/mol. The Hall–Kier alpha value is -0.500. The molecule has 2 N–H and O–H groups in total. The summed E-state index contributed by atoms with van der Waals surface area (Å²) in [5.74, 6) is 0. The van der Waals surface area contributed by atoms with Crippen molar-refractivity contribution in [1.82, 2.24) is 0 Å². The molecule has 0 aromatic heterocycles. The van der Waals surface area contributed by atoms with Crippen molar-refractivity contribution in [2.45, 2.75) is 12.3 Å². The molecule has 0 bridgehead atoms. The van der Waals surface area contributed by atoms with Gasteiger partial charge in [-0.1, -0.05) is 11.1 Å². The van der Waals surface area contributed by atoms with Gasteiger partial charge in [-0.05, 0) is 0 Å². The van der Waals surface area contributed by atoms with Crippen molar-refractivity contribution in [3.8, 4) is 0 Å². The molecule has 0 unspecified atom stereocenters. The topological polar surface area (TPSA) is 58.9 Å². The predicted molar refractivity (Wildman–Crippen MR) is 34.7 cm³/mol. The van der Waals surface area contributed by atoms with Crippen LogP contribution in [0, 0.1) is 0 Å². The predicted octanol–water partition coefficient (Wildman–Crippen LogP) is 1.98. The van der Waals surface area contributed by atoms with E-state index in [2.05, 4.69) is 15.6 Å². The molecule has 0 aliphatic carbocycles. The zero-order chi connectivity index (χ0) is 11.6. The van der Waals surface area contributed by atoms with Gasteiger partial charge in [0.15, 0.2) is 0 Å². The quantitative estimate of drug-likeness (QED) is 0.450. The zero-order valence-corrected chi connectivity index (χ0v) is 7.23. The first kappa shape index (κ1) is 13.5. The van der Waals surface area contributed by atoms with Crippen LogP contribution in [0.1, 0.15) is 0 Å². The third-order valence-corrected chi connectivity index (χ3v) is 1.67. The summed E-state index contributed by atoms with van der Waals surface area (Å²) >= 11 is 0. The maximum Gasteiger partial charge on any atom is 0.622 e. The first-order valence-corrected chi connectivity index (χ1v) is 4.34. The lowest BCUT2D eigenvalue weighted by Crippen LogP contribution is -2.39. The van der Waals surface area contributed by atoms with Gasteiger partial charge < -0.3 is 0 Å². The highest BCUT2D eigenvalue weighted by atomic mass is 31.2. The van der Waals surface area contributed by atoms with Crippen LogP contribution in [0.25, 0.3) is 0 Å². The Bertz CT molecular complexity index is 214. The molecule has 0 spiro atoms. The highest BCUT2D eigenvalue weighted by Crippen LogP contribution is 2.59. The van der Waals surface area contributed by atoms with Gasteiger partial charge in [-0.15, -0.1) is 0 Å². The highest BCUT2D eigenvalue weighted by molar-refractivity contribution is 7.54. The van der Waals surface area contributed by atoms with Crippen molar-refractivity contribution in [3.63, 3.8) is 0 Å². The van der Waals surface area contributed by atoms with Gasteiger partial charge in [0.05, 0.1) is 0 Å². The molecule has 0 aromatic rings. The second kappa shape index (κ2) is 3.93. The van der Waals surface area contributed by atoms with Gasteiger partial charge >= 0.3 is 20.5 Å². The molecule has 0 saturated carbocycles. The molecular formula is C4H5F5O4P+. The number of alkyl halides is 5. The minimum atomic E-state index is -6.06. The zero-order valence-electron chi connectivity index (χ0n) is 6.33. The molecule has 10 heteroatoms. The van der Waals surface area contributed by atoms with E-state index in [1.807, 2.05) is 0 Å². The van der Waals surface area contributed by atoms with E-state index in [9.17, 15) is 22.0 Å². The minimum Gasteiger partial charge on any atom is -0.269 e. The minimum absolute atomic E-state index is 0.264. The summed E-state index contributed by atoms with van der Waals surface area (Å²) in [4.78, 5) is 16.8. The van der Waals surface area contributed by atoms with E-state index in [1.54, 1.807) is 0 Å². The van der Waals surface area contributed by atoms with E-state index in [0.717, 1.165) is 0 Å². The molecule has 0 aromatic carbocycles. The van der Waals surface area contributed by atoms with Crippen molar-refractivity contribution in [3.05, 3.63) is 12.8 Å².